The minimum absolute atomic E-state index is 0.0427. The number of para-hydroxylation sites is 2. The van der Waals surface area contributed by atoms with E-state index in [0.29, 0.717) is 18.2 Å². The van der Waals surface area contributed by atoms with Crippen LogP contribution >= 0.6 is 32.1 Å². The van der Waals surface area contributed by atoms with Gasteiger partial charge < -0.3 is 4.74 Å². The fourth-order valence-corrected chi connectivity index (χ4v) is 3.90. The van der Waals surface area contributed by atoms with Crippen molar-refractivity contribution < 1.29 is 9.53 Å². The number of fused-ring (bicyclic) bond motifs is 1. The van der Waals surface area contributed by atoms with E-state index in [9.17, 15) is 4.79 Å². The molecule has 2 aromatic carbocycles. The summed E-state index contributed by atoms with van der Waals surface area (Å²) in [5.74, 6) is 0.620. The first kappa shape index (κ1) is 20.0. The molecule has 5 nitrogen and oxygen atoms in total. The molecule has 1 unspecified atom stereocenters. The highest BCUT2D eigenvalue weighted by molar-refractivity contribution is 9.10. The maximum Gasteiger partial charge on any atom is 0.315 e. The van der Waals surface area contributed by atoms with Crippen molar-refractivity contribution in [1.29, 1.82) is 0 Å². The highest BCUT2D eigenvalue weighted by atomic mass is 79.9. The fourth-order valence-electron chi connectivity index (χ4n) is 2.84. The molecule has 0 radical (unpaired) electrons. The van der Waals surface area contributed by atoms with Gasteiger partial charge in [0, 0.05) is 10.9 Å². The lowest BCUT2D eigenvalue weighted by Crippen LogP contribution is -2.30. The summed E-state index contributed by atoms with van der Waals surface area (Å²) in [6, 6.07) is 13.8. The lowest BCUT2D eigenvalue weighted by Gasteiger charge is -2.15. The van der Waals surface area contributed by atoms with Crippen LogP contribution in [0.25, 0.3) is 11.0 Å². The molecule has 2 N–H and O–H groups in total. The first-order valence-electron chi connectivity index (χ1n) is 8.71. The Morgan fingerprint density at radius 3 is 2.67 bits per heavy atom. The van der Waals surface area contributed by atoms with E-state index in [0.717, 1.165) is 21.1 Å². The number of imidazole rings is 1. The molecule has 142 valence electrons. The van der Waals surface area contributed by atoms with E-state index in [1.165, 1.54) is 5.56 Å². The van der Waals surface area contributed by atoms with Crippen molar-refractivity contribution >= 4 is 49.1 Å². The lowest BCUT2D eigenvalue weighted by atomic mass is 10.0. The van der Waals surface area contributed by atoms with E-state index in [-0.39, 0.29) is 6.42 Å². The summed E-state index contributed by atoms with van der Waals surface area (Å²) in [6.45, 7) is 4.29. The lowest BCUT2D eigenvalue weighted by molar-refractivity contribution is -0.148. The predicted octanol–water partition coefficient (Wildman–Crippen LogP) is 4.69. The smallest absolute Gasteiger partial charge is 0.315 e. The van der Waals surface area contributed by atoms with Crippen molar-refractivity contribution in [3.8, 4) is 0 Å². The molecule has 1 heterocycles. The molecular formula is C20H21Br2N3O2. The third kappa shape index (κ3) is 4.78. The van der Waals surface area contributed by atoms with Gasteiger partial charge in [-0.2, -0.15) is 0 Å². The highest BCUT2D eigenvalue weighted by Gasteiger charge is 2.17. The van der Waals surface area contributed by atoms with Gasteiger partial charge in [0.05, 0.1) is 27.2 Å². The minimum Gasteiger partial charge on any atom is -0.446 e. The van der Waals surface area contributed by atoms with E-state index in [4.69, 9.17) is 10.5 Å². The van der Waals surface area contributed by atoms with E-state index in [1.807, 2.05) is 30.3 Å². The zero-order valence-corrected chi connectivity index (χ0v) is 18.3. The second-order valence-electron chi connectivity index (χ2n) is 6.71. The van der Waals surface area contributed by atoms with Crippen LogP contribution in [0.2, 0.25) is 0 Å². The van der Waals surface area contributed by atoms with Gasteiger partial charge in [0.2, 0.25) is 0 Å². The SMILES string of the molecule is CC(C)c1ccc(CC(N)OC(=O)Cc2nc3ccccc3n2Br)c(Br)c1. The Morgan fingerprint density at radius 2 is 2.00 bits per heavy atom. The Balaban J connectivity index is 1.63. The van der Waals surface area contributed by atoms with Crippen LogP contribution in [-0.2, 0) is 22.4 Å². The second-order valence-corrected chi connectivity index (χ2v) is 8.28. The van der Waals surface area contributed by atoms with Gasteiger partial charge in [-0.1, -0.05) is 54.0 Å². The van der Waals surface area contributed by atoms with Gasteiger partial charge >= 0.3 is 5.97 Å². The van der Waals surface area contributed by atoms with Crippen LogP contribution in [0, 0.1) is 0 Å². The Hall–Kier alpha value is -1.70. The number of benzene rings is 2. The zero-order valence-electron chi connectivity index (χ0n) is 15.2. The normalized spacial score (nSPS) is 12.5. The van der Waals surface area contributed by atoms with Gasteiger partial charge in [0.15, 0.2) is 6.23 Å². The molecule has 0 bridgehead atoms. The van der Waals surface area contributed by atoms with Crippen molar-refractivity contribution in [3.05, 3.63) is 63.9 Å². The molecule has 1 aromatic heterocycles. The number of esters is 1. The first-order chi connectivity index (χ1) is 12.8. The zero-order chi connectivity index (χ0) is 19.6. The van der Waals surface area contributed by atoms with Gasteiger partial charge in [0.25, 0.3) is 0 Å². The molecule has 0 aliphatic rings. The van der Waals surface area contributed by atoms with Crippen LogP contribution in [0.1, 0.15) is 36.7 Å². The van der Waals surface area contributed by atoms with Crippen LogP contribution in [0.5, 0.6) is 0 Å². The Bertz CT molecular complexity index is 969. The molecule has 7 heteroatoms. The second kappa shape index (κ2) is 8.54. The topological polar surface area (TPSA) is 70.1 Å². The molecule has 27 heavy (non-hydrogen) atoms. The number of ether oxygens (including phenoxy) is 1. The molecule has 0 spiro atoms. The van der Waals surface area contributed by atoms with Crippen LogP contribution in [0.4, 0.5) is 0 Å². The number of nitrogens with zero attached hydrogens (tertiary/aromatic N) is 2. The third-order valence-corrected chi connectivity index (χ3v) is 5.85. The van der Waals surface area contributed by atoms with Gasteiger partial charge in [-0.05, 0) is 35.2 Å². The summed E-state index contributed by atoms with van der Waals surface area (Å²) < 4.78 is 8.08. The standard InChI is InChI=1S/C20H21Br2N3O2/c1-12(2)13-7-8-14(15(21)9-13)10-18(23)27-20(26)11-19-24-16-5-3-4-6-17(16)25(19)22/h3-9,12,18H,10-11,23H2,1-2H3. The largest absolute Gasteiger partial charge is 0.446 e. The third-order valence-electron chi connectivity index (χ3n) is 4.32. The Labute approximate surface area is 175 Å². The number of carbonyl (C=O) groups is 1. The first-order valence-corrected chi connectivity index (χ1v) is 10.2. The summed E-state index contributed by atoms with van der Waals surface area (Å²) in [6.07, 6.45) is -0.233. The highest BCUT2D eigenvalue weighted by Crippen LogP contribution is 2.24. The molecule has 0 aliphatic carbocycles. The summed E-state index contributed by atoms with van der Waals surface area (Å²) in [4.78, 5) is 16.7. The van der Waals surface area contributed by atoms with Gasteiger partial charge in [-0.3, -0.25) is 14.1 Å². The fraction of sp³-hybridized carbons (Fsp3) is 0.300. The molecule has 0 amide bonds. The molecule has 3 aromatic rings. The predicted molar refractivity (Wildman–Crippen MR) is 114 cm³/mol. The Morgan fingerprint density at radius 1 is 1.26 bits per heavy atom. The van der Waals surface area contributed by atoms with Crippen molar-refractivity contribution in [3.63, 3.8) is 0 Å². The van der Waals surface area contributed by atoms with Gasteiger partial charge in [0.1, 0.15) is 12.2 Å². The van der Waals surface area contributed by atoms with E-state index >= 15 is 0 Å². The summed E-state index contributed by atoms with van der Waals surface area (Å²) in [5, 5.41) is 0. The number of nitrogens with two attached hydrogens (primary N) is 1. The minimum atomic E-state index is -0.716. The summed E-state index contributed by atoms with van der Waals surface area (Å²) in [5.41, 5.74) is 10.0. The van der Waals surface area contributed by atoms with Crippen LogP contribution < -0.4 is 5.73 Å². The number of halogens is 2. The number of hydrogen-bond acceptors (Lipinski definition) is 4. The maximum absolute atomic E-state index is 12.3. The molecule has 0 aliphatic heterocycles. The number of rotatable bonds is 6. The molecule has 3 rings (SSSR count). The van der Waals surface area contributed by atoms with Crippen molar-refractivity contribution in [2.45, 2.75) is 38.8 Å². The molecule has 0 saturated heterocycles. The van der Waals surface area contributed by atoms with Crippen molar-refractivity contribution in [2.75, 3.05) is 0 Å². The summed E-state index contributed by atoms with van der Waals surface area (Å²) >= 11 is 7.01. The monoisotopic (exact) mass is 493 g/mol. The maximum atomic E-state index is 12.3. The molecule has 0 fully saturated rings. The number of carbonyl (C=O) groups excluding carboxylic acids is 1. The Kier molecular flexibility index (Phi) is 6.34. The van der Waals surface area contributed by atoms with Crippen LogP contribution in [-0.4, -0.2) is 20.8 Å². The average Bonchev–Trinajstić information content (AvgIpc) is 2.92. The van der Waals surface area contributed by atoms with Crippen molar-refractivity contribution in [1.82, 2.24) is 8.58 Å². The van der Waals surface area contributed by atoms with Crippen LogP contribution in [0.15, 0.2) is 46.9 Å². The van der Waals surface area contributed by atoms with E-state index in [1.54, 1.807) is 3.59 Å². The molecule has 0 saturated carbocycles. The van der Waals surface area contributed by atoms with Gasteiger partial charge in [-0.25, -0.2) is 4.98 Å². The van der Waals surface area contributed by atoms with E-state index < -0.39 is 12.2 Å². The van der Waals surface area contributed by atoms with E-state index in [2.05, 4.69) is 63.0 Å². The van der Waals surface area contributed by atoms with Gasteiger partial charge in [-0.15, -0.1) is 0 Å². The van der Waals surface area contributed by atoms with Crippen molar-refractivity contribution in [2.24, 2.45) is 5.73 Å². The summed E-state index contributed by atoms with van der Waals surface area (Å²) in [7, 11) is 0. The number of aromatic nitrogens is 2. The quantitative estimate of drug-likeness (QED) is 0.398. The van der Waals surface area contributed by atoms with Crippen LogP contribution in [0.3, 0.4) is 0 Å². The molecular weight excluding hydrogens is 474 g/mol. The average molecular weight is 495 g/mol. The molecule has 1 atom stereocenters. The number of hydrogen-bond donors (Lipinski definition) is 1.